The Labute approximate surface area is 126 Å². The number of anilines is 2. The van der Waals surface area contributed by atoms with Crippen molar-refractivity contribution in [2.45, 2.75) is 12.3 Å². The van der Waals surface area contributed by atoms with Crippen LogP contribution in [0.15, 0.2) is 42.5 Å². The Morgan fingerprint density at radius 3 is 2.63 bits per heavy atom. The third-order valence-corrected chi connectivity index (χ3v) is 3.75. The van der Waals surface area contributed by atoms with Crippen LogP contribution in [0.3, 0.4) is 0 Å². The van der Waals surface area contributed by atoms with Crippen molar-refractivity contribution in [3.8, 4) is 0 Å². The molecule has 0 aliphatic heterocycles. The Hall–Kier alpha value is -1.06. The lowest BCUT2D eigenvalue weighted by atomic mass is 10.1. The van der Waals surface area contributed by atoms with E-state index in [2.05, 4.69) is 20.8 Å². The lowest BCUT2D eigenvalue weighted by molar-refractivity contribution is 0.627. The van der Waals surface area contributed by atoms with Crippen molar-refractivity contribution >= 4 is 38.9 Å². The van der Waals surface area contributed by atoms with Crippen LogP contribution < -0.4 is 4.90 Å². The predicted molar refractivity (Wildman–Crippen MR) is 83.2 cm³/mol. The molecule has 0 saturated heterocycles. The van der Waals surface area contributed by atoms with Gasteiger partial charge >= 0.3 is 0 Å². The molecule has 0 amide bonds. The monoisotopic (exact) mass is 341 g/mol. The first-order valence-corrected chi connectivity index (χ1v) is 7.53. The van der Waals surface area contributed by atoms with Crippen LogP contribution in [0.1, 0.15) is 12.5 Å². The van der Waals surface area contributed by atoms with Gasteiger partial charge in [-0.25, -0.2) is 4.39 Å². The second-order valence-electron chi connectivity index (χ2n) is 4.13. The molecule has 0 N–H and O–H groups in total. The Balaban J connectivity index is 2.48. The predicted octanol–water partition coefficient (Wildman–Crippen LogP) is 5.53. The molecule has 1 nitrogen and oxygen atoms in total. The van der Waals surface area contributed by atoms with E-state index in [-0.39, 0.29) is 5.82 Å². The molecule has 4 heteroatoms. The van der Waals surface area contributed by atoms with E-state index in [4.69, 9.17) is 11.6 Å². The van der Waals surface area contributed by atoms with Gasteiger partial charge in [0.15, 0.2) is 0 Å². The summed E-state index contributed by atoms with van der Waals surface area (Å²) in [4.78, 5) is 2.07. The van der Waals surface area contributed by atoms with Crippen LogP contribution in [0.2, 0.25) is 5.02 Å². The lowest BCUT2D eigenvalue weighted by Crippen LogP contribution is -2.17. The summed E-state index contributed by atoms with van der Waals surface area (Å²) in [5, 5.41) is 1.41. The number of hydrogen-bond acceptors (Lipinski definition) is 1. The minimum Gasteiger partial charge on any atom is -0.341 e. The van der Waals surface area contributed by atoms with Gasteiger partial charge in [0.2, 0.25) is 0 Å². The smallest absolute Gasteiger partial charge is 0.125 e. The maximum Gasteiger partial charge on any atom is 0.125 e. The van der Waals surface area contributed by atoms with E-state index in [9.17, 15) is 4.39 Å². The highest BCUT2D eigenvalue weighted by Gasteiger charge is 2.12. The van der Waals surface area contributed by atoms with Crippen LogP contribution in [-0.4, -0.2) is 6.54 Å². The van der Waals surface area contributed by atoms with Gasteiger partial charge in [-0.05, 0) is 48.9 Å². The molecular formula is C15H14BrClFN. The number of hydrogen-bond donors (Lipinski definition) is 0. The van der Waals surface area contributed by atoms with Crippen molar-refractivity contribution in [3.05, 3.63) is 58.9 Å². The van der Waals surface area contributed by atoms with Gasteiger partial charge in [-0.15, -0.1) is 0 Å². The molecule has 2 aromatic carbocycles. The summed E-state index contributed by atoms with van der Waals surface area (Å²) in [5.41, 5.74) is 2.96. The van der Waals surface area contributed by atoms with Crippen LogP contribution in [-0.2, 0) is 5.33 Å². The molecule has 0 spiro atoms. The molecule has 100 valence electrons. The Kier molecular flexibility index (Phi) is 4.83. The van der Waals surface area contributed by atoms with Gasteiger partial charge in [0.1, 0.15) is 5.82 Å². The molecule has 0 aliphatic rings. The summed E-state index contributed by atoms with van der Waals surface area (Å²) in [6, 6.07) is 12.4. The highest BCUT2D eigenvalue weighted by atomic mass is 79.9. The highest BCUT2D eigenvalue weighted by Crippen LogP contribution is 2.31. The molecule has 0 bridgehead atoms. The molecule has 0 unspecified atom stereocenters. The zero-order valence-electron chi connectivity index (χ0n) is 10.5. The minimum atomic E-state index is -0.231. The number of nitrogens with zero attached hydrogens (tertiary/aromatic N) is 1. The molecule has 0 atom stereocenters. The lowest BCUT2D eigenvalue weighted by Gasteiger charge is -2.25. The number of halogens is 3. The Morgan fingerprint density at radius 2 is 2.00 bits per heavy atom. The largest absolute Gasteiger partial charge is 0.341 e. The molecule has 2 rings (SSSR count). The number of rotatable bonds is 4. The minimum absolute atomic E-state index is 0.231. The first-order valence-electron chi connectivity index (χ1n) is 6.03. The summed E-state index contributed by atoms with van der Waals surface area (Å²) in [6.45, 7) is 2.79. The molecule has 0 heterocycles. The van der Waals surface area contributed by atoms with Crippen molar-refractivity contribution < 1.29 is 4.39 Å². The van der Waals surface area contributed by atoms with Crippen molar-refractivity contribution in [2.24, 2.45) is 0 Å². The first kappa shape index (κ1) is 14.4. The van der Waals surface area contributed by atoms with Crippen molar-refractivity contribution in [3.63, 3.8) is 0 Å². The maximum absolute atomic E-state index is 13.4. The number of alkyl halides is 1. The number of benzene rings is 2. The van der Waals surface area contributed by atoms with Crippen LogP contribution in [0.5, 0.6) is 0 Å². The van der Waals surface area contributed by atoms with Crippen LogP contribution in [0.4, 0.5) is 15.8 Å². The van der Waals surface area contributed by atoms with Gasteiger partial charge < -0.3 is 4.90 Å². The van der Waals surface area contributed by atoms with Gasteiger partial charge in [-0.2, -0.15) is 0 Å². The van der Waals surface area contributed by atoms with E-state index in [1.165, 1.54) is 12.1 Å². The van der Waals surface area contributed by atoms with Crippen molar-refractivity contribution in [1.29, 1.82) is 0 Å². The van der Waals surface area contributed by atoms with Gasteiger partial charge in [0.25, 0.3) is 0 Å². The van der Waals surface area contributed by atoms with Crippen LogP contribution in [0, 0.1) is 5.82 Å². The van der Waals surface area contributed by atoms with E-state index in [0.717, 1.165) is 23.5 Å². The van der Waals surface area contributed by atoms with E-state index in [1.54, 1.807) is 6.07 Å². The molecule has 0 aliphatic carbocycles. The molecule has 2 aromatic rings. The van der Waals surface area contributed by atoms with Crippen molar-refractivity contribution in [2.75, 3.05) is 11.4 Å². The Bertz CT molecular complexity index is 574. The van der Waals surface area contributed by atoms with Crippen molar-refractivity contribution in [1.82, 2.24) is 0 Å². The second kappa shape index (κ2) is 6.40. The van der Waals surface area contributed by atoms with Crippen LogP contribution >= 0.6 is 27.5 Å². The zero-order valence-corrected chi connectivity index (χ0v) is 12.9. The normalized spacial score (nSPS) is 10.5. The quantitative estimate of drug-likeness (QED) is 0.660. The van der Waals surface area contributed by atoms with E-state index in [1.807, 2.05) is 31.2 Å². The maximum atomic E-state index is 13.4. The molecule has 0 aromatic heterocycles. The average molecular weight is 343 g/mol. The molecule has 19 heavy (non-hydrogen) atoms. The highest BCUT2D eigenvalue weighted by molar-refractivity contribution is 9.08. The summed E-state index contributed by atoms with van der Waals surface area (Å²) in [6.07, 6.45) is 0. The van der Waals surface area contributed by atoms with E-state index in [0.29, 0.717) is 10.4 Å². The third kappa shape index (κ3) is 3.28. The van der Waals surface area contributed by atoms with Gasteiger partial charge in [0.05, 0.1) is 0 Å². The summed E-state index contributed by atoms with van der Waals surface area (Å²) in [7, 11) is 0. The molecule has 0 saturated carbocycles. The van der Waals surface area contributed by atoms with E-state index >= 15 is 0 Å². The fourth-order valence-electron chi connectivity index (χ4n) is 2.06. The molecular weight excluding hydrogens is 329 g/mol. The van der Waals surface area contributed by atoms with E-state index < -0.39 is 0 Å². The van der Waals surface area contributed by atoms with Gasteiger partial charge in [-0.3, -0.25) is 0 Å². The summed E-state index contributed by atoms with van der Waals surface area (Å²) >= 11 is 9.48. The van der Waals surface area contributed by atoms with Gasteiger partial charge in [-0.1, -0.05) is 33.6 Å². The zero-order chi connectivity index (χ0) is 13.8. The van der Waals surface area contributed by atoms with Crippen LogP contribution in [0.25, 0.3) is 0 Å². The standard InChI is InChI=1S/C15H14BrClFN/c1-2-19(14-5-3-4-13(18)9-14)15-7-6-12(17)8-11(15)10-16/h3-9H,2,10H2,1H3. The summed E-state index contributed by atoms with van der Waals surface area (Å²) in [5.74, 6) is -0.231. The topological polar surface area (TPSA) is 3.24 Å². The average Bonchev–Trinajstić information content (AvgIpc) is 2.41. The summed E-state index contributed by atoms with van der Waals surface area (Å²) < 4.78 is 13.4. The molecule has 0 radical (unpaired) electrons. The first-order chi connectivity index (χ1) is 9.15. The van der Waals surface area contributed by atoms with Gasteiger partial charge in [0, 0.05) is 28.3 Å². The Morgan fingerprint density at radius 1 is 1.21 bits per heavy atom. The third-order valence-electron chi connectivity index (χ3n) is 2.91. The SMILES string of the molecule is CCN(c1cccc(F)c1)c1ccc(Cl)cc1CBr. The fourth-order valence-corrected chi connectivity index (χ4v) is 2.70. The fraction of sp³-hybridized carbons (Fsp3) is 0.200. The second-order valence-corrected chi connectivity index (χ2v) is 5.13. The molecule has 0 fully saturated rings.